The molecular formula is C18H23N5O. The first-order valence-corrected chi connectivity index (χ1v) is 8.73. The maximum atomic E-state index is 12.3. The highest BCUT2D eigenvalue weighted by Crippen LogP contribution is 2.49. The summed E-state index contributed by atoms with van der Waals surface area (Å²) in [7, 11) is 0. The molecule has 1 aromatic carbocycles. The number of nitrogens with zero attached hydrogens (tertiary/aromatic N) is 2. The number of aromatic nitrogens is 3. The van der Waals surface area contributed by atoms with Crippen molar-refractivity contribution in [2.24, 2.45) is 23.5 Å². The molecule has 1 heterocycles. The summed E-state index contributed by atoms with van der Waals surface area (Å²) in [6.45, 7) is 0.337. The smallest absolute Gasteiger partial charge is 0.224 e. The Labute approximate surface area is 141 Å². The number of carbonyl (C=O) groups is 1. The van der Waals surface area contributed by atoms with Gasteiger partial charge in [0.2, 0.25) is 5.91 Å². The zero-order valence-corrected chi connectivity index (χ0v) is 13.7. The molecule has 1 aromatic heterocycles. The van der Waals surface area contributed by atoms with Crippen molar-refractivity contribution in [3.63, 3.8) is 0 Å². The fourth-order valence-electron chi connectivity index (χ4n) is 4.29. The molecule has 2 aliphatic carbocycles. The van der Waals surface area contributed by atoms with Gasteiger partial charge < -0.3 is 11.1 Å². The molecule has 2 bridgehead atoms. The molecule has 0 aliphatic heterocycles. The van der Waals surface area contributed by atoms with Gasteiger partial charge in [-0.25, -0.2) is 4.98 Å². The topological polar surface area (TPSA) is 96.7 Å². The van der Waals surface area contributed by atoms with E-state index < -0.39 is 0 Å². The molecule has 2 saturated carbocycles. The van der Waals surface area contributed by atoms with Crippen molar-refractivity contribution in [2.45, 2.75) is 38.6 Å². The lowest BCUT2D eigenvalue weighted by molar-refractivity contribution is -0.117. The number of anilines is 1. The first-order valence-electron chi connectivity index (χ1n) is 8.73. The Morgan fingerprint density at radius 1 is 1.25 bits per heavy atom. The van der Waals surface area contributed by atoms with E-state index in [-0.39, 0.29) is 5.91 Å². The zero-order valence-electron chi connectivity index (χ0n) is 13.7. The van der Waals surface area contributed by atoms with Gasteiger partial charge in [-0.1, -0.05) is 6.42 Å². The number of benzene rings is 1. The first kappa shape index (κ1) is 15.3. The lowest BCUT2D eigenvalue weighted by Gasteiger charge is -2.20. The zero-order chi connectivity index (χ0) is 16.5. The molecule has 0 radical (unpaired) electrons. The van der Waals surface area contributed by atoms with Gasteiger partial charge in [-0.2, -0.15) is 5.10 Å². The highest BCUT2D eigenvalue weighted by atomic mass is 16.1. The van der Waals surface area contributed by atoms with Crippen LogP contribution in [0.15, 0.2) is 24.3 Å². The summed E-state index contributed by atoms with van der Waals surface area (Å²) in [5, 5.41) is 9.95. The molecule has 0 saturated heterocycles. The largest absolute Gasteiger partial charge is 0.326 e. The number of nitrogens with two attached hydrogens (primary N) is 1. The Balaban J connectivity index is 1.35. The minimum absolute atomic E-state index is 0.128. The fraction of sp³-hybridized carbons (Fsp3) is 0.500. The van der Waals surface area contributed by atoms with Gasteiger partial charge in [0, 0.05) is 17.7 Å². The van der Waals surface area contributed by atoms with Gasteiger partial charge in [0.25, 0.3) is 0 Å². The van der Waals surface area contributed by atoms with Gasteiger partial charge in [-0.05, 0) is 61.3 Å². The van der Waals surface area contributed by atoms with Gasteiger partial charge >= 0.3 is 0 Å². The SMILES string of the molecule is NCc1nc(-c2ccc(NC(=O)CC3CC4CCC3C4)cc2)n[nH]1. The molecule has 126 valence electrons. The van der Waals surface area contributed by atoms with Crippen LogP contribution in [0.2, 0.25) is 0 Å². The number of H-pyrrole nitrogens is 1. The molecule has 1 amide bonds. The summed E-state index contributed by atoms with van der Waals surface area (Å²) in [5.74, 6) is 3.66. The minimum atomic E-state index is 0.128. The van der Waals surface area contributed by atoms with Crippen LogP contribution in [-0.2, 0) is 11.3 Å². The molecule has 4 rings (SSSR count). The van der Waals surface area contributed by atoms with Crippen LogP contribution in [0.3, 0.4) is 0 Å². The summed E-state index contributed by atoms with van der Waals surface area (Å²) in [4.78, 5) is 16.6. The van der Waals surface area contributed by atoms with Crippen LogP contribution in [-0.4, -0.2) is 21.1 Å². The van der Waals surface area contributed by atoms with Crippen LogP contribution in [0.1, 0.15) is 37.9 Å². The van der Waals surface area contributed by atoms with Crippen molar-refractivity contribution >= 4 is 11.6 Å². The summed E-state index contributed by atoms with van der Waals surface area (Å²) in [6, 6.07) is 7.62. The lowest BCUT2D eigenvalue weighted by Crippen LogP contribution is -2.20. The Hall–Kier alpha value is -2.21. The molecule has 3 atom stereocenters. The number of amides is 1. The molecule has 2 fully saturated rings. The second-order valence-electron chi connectivity index (χ2n) is 7.07. The fourth-order valence-corrected chi connectivity index (χ4v) is 4.29. The standard InChI is InChI=1S/C18H23N5O/c19-10-16-21-18(23-22-16)12-3-5-15(6-4-12)20-17(24)9-14-8-11-1-2-13(14)7-11/h3-6,11,13-14H,1-2,7-10,19H2,(H,20,24)(H,21,22,23). The van der Waals surface area contributed by atoms with E-state index in [0.717, 1.165) is 23.1 Å². The molecule has 2 aromatic rings. The minimum Gasteiger partial charge on any atom is -0.326 e. The predicted molar refractivity (Wildman–Crippen MR) is 91.9 cm³/mol. The highest BCUT2D eigenvalue weighted by molar-refractivity contribution is 5.91. The third-order valence-corrected chi connectivity index (χ3v) is 5.48. The highest BCUT2D eigenvalue weighted by Gasteiger charge is 2.40. The van der Waals surface area contributed by atoms with E-state index in [9.17, 15) is 4.79 Å². The monoisotopic (exact) mass is 325 g/mol. The van der Waals surface area contributed by atoms with Crippen LogP contribution >= 0.6 is 0 Å². The van der Waals surface area contributed by atoms with E-state index in [1.54, 1.807) is 0 Å². The van der Waals surface area contributed by atoms with E-state index in [1.807, 2.05) is 24.3 Å². The third kappa shape index (κ3) is 3.06. The molecule has 0 spiro atoms. The Kier molecular flexibility index (Phi) is 4.06. The molecule has 6 nitrogen and oxygen atoms in total. The average Bonchev–Trinajstić information content (AvgIpc) is 3.32. The average molecular weight is 325 g/mol. The number of hydrogen-bond acceptors (Lipinski definition) is 4. The van der Waals surface area contributed by atoms with Crippen molar-refractivity contribution in [3.8, 4) is 11.4 Å². The quantitative estimate of drug-likeness (QED) is 0.787. The van der Waals surface area contributed by atoms with Gasteiger partial charge in [0.1, 0.15) is 5.82 Å². The van der Waals surface area contributed by atoms with Gasteiger partial charge in [-0.15, -0.1) is 0 Å². The second-order valence-corrected chi connectivity index (χ2v) is 7.07. The molecule has 6 heteroatoms. The maximum absolute atomic E-state index is 12.3. The van der Waals surface area contributed by atoms with Crippen LogP contribution in [0, 0.1) is 17.8 Å². The molecule has 2 aliphatic rings. The Morgan fingerprint density at radius 3 is 2.71 bits per heavy atom. The number of aromatic amines is 1. The van der Waals surface area contributed by atoms with Crippen LogP contribution in [0.4, 0.5) is 5.69 Å². The van der Waals surface area contributed by atoms with Crippen molar-refractivity contribution in [1.29, 1.82) is 0 Å². The van der Waals surface area contributed by atoms with E-state index in [0.29, 0.717) is 30.5 Å². The van der Waals surface area contributed by atoms with E-state index in [1.165, 1.54) is 25.7 Å². The first-order chi connectivity index (χ1) is 11.7. The number of hydrogen-bond donors (Lipinski definition) is 3. The second kappa shape index (κ2) is 6.36. The van der Waals surface area contributed by atoms with Gasteiger partial charge in [-0.3, -0.25) is 9.89 Å². The van der Waals surface area contributed by atoms with Crippen LogP contribution in [0.25, 0.3) is 11.4 Å². The van der Waals surface area contributed by atoms with Gasteiger partial charge in [0.05, 0.1) is 6.54 Å². The molecule has 24 heavy (non-hydrogen) atoms. The van der Waals surface area contributed by atoms with Crippen molar-refractivity contribution in [1.82, 2.24) is 15.2 Å². The van der Waals surface area contributed by atoms with E-state index in [2.05, 4.69) is 20.5 Å². The van der Waals surface area contributed by atoms with Crippen molar-refractivity contribution in [2.75, 3.05) is 5.32 Å². The van der Waals surface area contributed by atoms with Crippen LogP contribution < -0.4 is 11.1 Å². The van der Waals surface area contributed by atoms with E-state index in [4.69, 9.17) is 5.73 Å². The Morgan fingerprint density at radius 2 is 2.08 bits per heavy atom. The molecular weight excluding hydrogens is 302 g/mol. The normalized spacial score (nSPS) is 25.1. The van der Waals surface area contributed by atoms with E-state index >= 15 is 0 Å². The molecule has 3 unspecified atom stereocenters. The Bertz CT molecular complexity index is 723. The number of fused-ring (bicyclic) bond motifs is 2. The summed E-state index contributed by atoms with van der Waals surface area (Å²) >= 11 is 0. The maximum Gasteiger partial charge on any atom is 0.224 e. The van der Waals surface area contributed by atoms with Crippen LogP contribution in [0.5, 0.6) is 0 Å². The number of carbonyl (C=O) groups excluding carboxylic acids is 1. The summed E-state index contributed by atoms with van der Waals surface area (Å²) in [5.41, 5.74) is 7.25. The lowest BCUT2D eigenvalue weighted by atomic mass is 9.86. The predicted octanol–water partition coefficient (Wildman–Crippen LogP) is 2.70. The van der Waals surface area contributed by atoms with Gasteiger partial charge in [0.15, 0.2) is 5.82 Å². The number of nitrogens with one attached hydrogen (secondary N) is 2. The summed E-state index contributed by atoms with van der Waals surface area (Å²) < 4.78 is 0. The van der Waals surface area contributed by atoms with Crippen molar-refractivity contribution < 1.29 is 4.79 Å². The number of rotatable bonds is 5. The summed E-state index contributed by atoms with van der Waals surface area (Å²) in [6.07, 6.45) is 5.93. The van der Waals surface area contributed by atoms with Crippen molar-refractivity contribution in [3.05, 3.63) is 30.1 Å². The molecule has 4 N–H and O–H groups in total. The third-order valence-electron chi connectivity index (χ3n) is 5.48.